The van der Waals surface area contributed by atoms with Crippen LogP contribution in [-0.2, 0) is 14.9 Å². The zero-order valence-electron chi connectivity index (χ0n) is 19.2. The molecule has 0 radical (unpaired) electrons. The summed E-state index contributed by atoms with van der Waals surface area (Å²) < 4.78 is 5.38. The Morgan fingerprint density at radius 1 is 1.09 bits per heavy atom. The highest BCUT2D eigenvalue weighted by Crippen LogP contribution is 2.48. The highest BCUT2D eigenvalue weighted by Gasteiger charge is 2.49. The number of nitrogens with zero attached hydrogens (tertiary/aromatic N) is 3. The molecule has 2 unspecified atom stereocenters. The number of hydrogen-bond acceptors (Lipinski definition) is 4. The predicted octanol–water partition coefficient (Wildman–Crippen LogP) is 3.54. The fourth-order valence-corrected chi connectivity index (χ4v) is 6.65. The second kappa shape index (κ2) is 8.44. The van der Waals surface area contributed by atoms with Gasteiger partial charge in [-0.05, 0) is 70.2 Å². The van der Waals surface area contributed by atoms with Gasteiger partial charge in [0.1, 0.15) is 0 Å². The molecule has 1 spiro atoms. The highest BCUT2D eigenvalue weighted by molar-refractivity contribution is 5.94. The van der Waals surface area contributed by atoms with Crippen molar-refractivity contribution in [1.29, 1.82) is 0 Å². The quantitative estimate of drug-likeness (QED) is 0.667. The molecule has 1 aromatic carbocycles. The Morgan fingerprint density at radius 3 is 2.44 bits per heavy atom. The van der Waals surface area contributed by atoms with Crippen LogP contribution in [0.25, 0.3) is 0 Å². The third-order valence-corrected chi connectivity index (χ3v) is 8.24. The van der Waals surface area contributed by atoms with E-state index in [0.717, 1.165) is 63.8 Å². The zero-order valence-corrected chi connectivity index (χ0v) is 19.2. The van der Waals surface area contributed by atoms with Crippen molar-refractivity contribution in [1.82, 2.24) is 9.80 Å². The van der Waals surface area contributed by atoms with Crippen LogP contribution in [0.3, 0.4) is 0 Å². The molecule has 2 atom stereocenters. The Hall–Kier alpha value is -2.52. The second-order valence-corrected chi connectivity index (χ2v) is 9.84. The monoisotopic (exact) mass is 435 g/mol. The van der Waals surface area contributed by atoms with Gasteiger partial charge in [-0.2, -0.15) is 0 Å². The topological polar surface area (TPSA) is 53.1 Å². The van der Waals surface area contributed by atoms with Crippen molar-refractivity contribution in [3.63, 3.8) is 0 Å². The number of amides is 2. The maximum Gasteiger partial charge on any atom is 0.411 e. The van der Waals surface area contributed by atoms with E-state index in [-0.39, 0.29) is 36.1 Å². The van der Waals surface area contributed by atoms with Crippen LogP contribution in [-0.4, -0.2) is 66.2 Å². The van der Waals surface area contributed by atoms with E-state index in [0.29, 0.717) is 6.04 Å². The number of hydrogen-bond donors (Lipinski definition) is 0. The first-order chi connectivity index (χ1) is 15.5. The van der Waals surface area contributed by atoms with Crippen LogP contribution in [0.15, 0.2) is 24.3 Å². The molecule has 0 N–H and O–H groups in total. The molecule has 3 fully saturated rings. The summed E-state index contributed by atoms with van der Waals surface area (Å²) in [7, 11) is 0. The molecule has 5 rings (SSSR count). The van der Waals surface area contributed by atoms with Crippen LogP contribution < -0.4 is 4.90 Å². The van der Waals surface area contributed by atoms with Crippen LogP contribution >= 0.6 is 0 Å². The summed E-state index contributed by atoms with van der Waals surface area (Å²) >= 11 is 0. The van der Waals surface area contributed by atoms with Gasteiger partial charge < -0.3 is 19.4 Å². The molecule has 1 aromatic rings. The molecule has 2 amide bonds. The first-order valence-electron chi connectivity index (χ1n) is 12.0. The lowest BCUT2D eigenvalue weighted by molar-refractivity contribution is -0.116. The Kier molecular flexibility index (Phi) is 5.63. The third kappa shape index (κ3) is 3.57. The van der Waals surface area contributed by atoms with Gasteiger partial charge in [0.25, 0.3) is 0 Å². The van der Waals surface area contributed by atoms with Gasteiger partial charge in [-0.1, -0.05) is 24.1 Å². The summed E-state index contributed by atoms with van der Waals surface area (Å²) in [6.45, 7) is 6.54. The van der Waals surface area contributed by atoms with E-state index in [1.54, 1.807) is 13.8 Å². The van der Waals surface area contributed by atoms with Crippen molar-refractivity contribution in [3.8, 4) is 11.8 Å². The summed E-state index contributed by atoms with van der Waals surface area (Å²) in [6, 6.07) is 9.57. The minimum atomic E-state index is -0.191. The van der Waals surface area contributed by atoms with Gasteiger partial charge in [0, 0.05) is 42.7 Å². The van der Waals surface area contributed by atoms with Crippen molar-refractivity contribution >= 4 is 17.7 Å². The van der Waals surface area contributed by atoms with E-state index in [1.165, 1.54) is 5.56 Å². The van der Waals surface area contributed by atoms with Crippen molar-refractivity contribution in [3.05, 3.63) is 29.8 Å². The van der Waals surface area contributed by atoms with Crippen molar-refractivity contribution in [2.75, 3.05) is 31.1 Å². The number of piperidine rings is 2. The van der Waals surface area contributed by atoms with E-state index in [2.05, 4.69) is 34.9 Å². The Morgan fingerprint density at radius 2 is 1.78 bits per heavy atom. The van der Waals surface area contributed by atoms with Gasteiger partial charge in [-0.3, -0.25) is 4.79 Å². The summed E-state index contributed by atoms with van der Waals surface area (Å²) in [5.74, 6) is 5.73. The summed E-state index contributed by atoms with van der Waals surface area (Å²) in [5.41, 5.74) is 2.54. The average Bonchev–Trinajstić information content (AvgIpc) is 3.26. The van der Waals surface area contributed by atoms with E-state index in [4.69, 9.17) is 4.74 Å². The number of fused-ring (bicyclic) bond motifs is 4. The van der Waals surface area contributed by atoms with E-state index < -0.39 is 0 Å². The van der Waals surface area contributed by atoms with Crippen molar-refractivity contribution in [2.24, 2.45) is 0 Å². The number of para-hydroxylation sites is 1. The van der Waals surface area contributed by atoms with Crippen molar-refractivity contribution < 1.29 is 14.3 Å². The number of rotatable bonds is 2. The number of ether oxygens (including phenoxy) is 1. The normalized spacial score (nSPS) is 28.2. The minimum absolute atomic E-state index is 0.0859. The predicted molar refractivity (Wildman–Crippen MR) is 123 cm³/mol. The molecule has 4 heterocycles. The maximum absolute atomic E-state index is 12.6. The molecular weight excluding hydrogens is 402 g/mol. The van der Waals surface area contributed by atoms with Gasteiger partial charge in [0.2, 0.25) is 5.91 Å². The molecule has 0 saturated carbocycles. The fourth-order valence-electron chi connectivity index (χ4n) is 6.65. The highest BCUT2D eigenvalue weighted by atomic mass is 16.6. The second-order valence-electron chi connectivity index (χ2n) is 9.84. The first kappa shape index (κ1) is 21.3. The number of benzene rings is 1. The number of anilines is 1. The molecule has 6 nitrogen and oxygen atoms in total. The number of carbonyl (C=O) groups excluding carboxylic acids is 2. The molecule has 0 aromatic heterocycles. The SMILES string of the molecule is CC#CCOC(=O)N1C2CCC1CC(N1CCC3(CC1)CN(C(C)=O)c1ccccc13)C2. The maximum atomic E-state index is 12.6. The lowest BCUT2D eigenvalue weighted by atomic mass is 9.73. The molecule has 4 aliphatic rings. The van der Waals surface area contributed by atoms with E-state index >= 15 is 0 Å². The zero-order chi connectivity index (χ0) is 22.3. The van der Waals surface area contributed by atoms with Crippen LogP contribution in [0.1, 0.15) is 57.9 Å². The molecular formula is C26H33N3O3. The first-order valence-corrected chi connectivity index (χ1v) is 12.0. The minimum Gasteiger partial charge on any atom is -0.436 e. The lowest BCUT2D eigenvalue weighted by Gasteiger charge is -2.47. The van der Waals surface area contributed by atoms with Gasteiger partial charge in [0.05, 0.1) is 0 Å². The Bertz CT molecular complexity index is 943. The largest absolute Gasteiger partial charge is 0.436 e. The Balaban J connectivity index is 1.23. The van der Waals surface area contributed by atoms with Crippen LogP contribution in [0, 0.1) is 11.8 Å². The van der Waals surface area contributed by atoms with Gasteiger partial charge in [0.15, 0.2) is 6.61 Å². The standard InChI is InChI=1S/C26H33N3O3/c1-3-4-15-32-25(31)29-20-9-10-21(29)17-22(16-20)27-13-11-26(12-14-27)18-28(19(2)30)24-8-6-5-7-23(24)26/h5-8,20-22H,9-18H2,1-2H3. The molecule has 4 aliphatic heterocycles. The van der Waals surface area contributed by atoms with Crippen molar-refractivity contribution in [2.45, 2.75) is 75.9 Å². The van der Waals surface area contributed by atoms with Crippen LogP contribution in [0.4, 0.5) is 10.5 Å². The molecule has 170 valence electrons. The summed E-state index contributed by atoms with van der Waals surface area (Å²) in [5, 5.41) is 0. The van der Waals surface area contributed by atoms with E-state index in [1.807, 2.05) is 15.9 Å². The molecule has 3 saturated heterocycles. The number of likely N-dealkylation sites (tertiary alicyclic amines) is 1. The third-order valence-electron chi connectivity index (χ3n) is 8.24. The van der Waals surface area contributed by atoms with Crippen LogP contribution in [0.2, 0.25) is 0 Å². The molecule has 6 heteroatoms. The fraction of sp³-hybridized carbons (Fsp3) is 0.615. The van der Waals surface area contributed by atoms with Gasteiger partial charge in [-0.15, -0.1) is 5.92 Å². The smallest absolute Gasteiger partial charge is 0.411 e. The number of carbonyl (C=O) groups is 2. The molecule has 32 heavy (non-hydrogen) atoms. The molecule has 0 aliphatic carbocycles. The summed E-state index contributed by atoms with van der Waals surface area (Å²) in [6.07, 6.45) is 6.20. The van der Waals surface area contributed by atoms with Gasteiger partial charge in [-0.25, -0.2) is 4.79 Å². The van der Waals surface area contributed by atoms with E-state index in [9.17, 15) is 9.59 Å². The average molecular weight is 436 g/mol. The van der Waals surface area contributed by atoms with Gasteiger partial charge >= 0.3 is 6.09 Å². The lowest BCUT2D eigenvalue weighted by Crippen LogP contribution is -2.55. The molecule has 2 bridgehead atoms. The van der Waals surface area contributed by atoms with Crippen LogP contribution in [0.5, 0.6) is 0 Å². The Labute approximate surface area is 190 Å². The summed E-state index contributed by atoms with van der Waals surface area (Å²) in [4.78, 5) is 31.5.